The van der Waals surface area contributed by atoms with E-state index in [9.17, 15) is 0 Å². The molecule has 104 valence electrons. The largest absolute Gasteiger partial charge is 0.329 e. The highest BCUT2D eigenvalue weighted by atomic mass is 15.3. The lowest BCUT2D eigenvalue weighted by atomic mass is 10.1. The molecule has 0 radical (unpaired) electrons. The topological polar surface area (TPSA) is 45.4 Å². The van der Waals surface area contributed by atoms with E-state index in [1.807, 2.05) is 18.5 Å². The van der Waals surface area contributed by atoms with Crippen LogP contribution < -0.4 is 5.73 Å². The number of aromatic nitrogens is 1. The van der Waals surface area contributed by atoms with Gasteiger partial charge >= 0.3 is 0 Å². The molecule has 19 heavy (non-hydrogen) atoms. The summed E-state index contributed by atoms with van der Waals surface area (Å²) in [5.74, 6) is 0.996. The van der Waals surface area contributed by atoms with Gasteiger partial charge in [-0.25, -0.2) is 0 Å². The van der Waals surface area contributed by atoms with E-state index in [1.165, 1.54) is 38.0 Å². The minimum Gasteiger partial charge on any atom is -0.329 e. The van der Waals surface area contributed by atoms with Crippen LogP contribution >= 0.6 is 0 Å². The molecule has 0 spiro atoms. The van der Waals surface area contributed by atoms with E-state index in [4.69, 9.17) is 5.73 Å². The van der Waals surface area contributed by atoms with Gasteiger partial charge in [-0.1, -0.05) is 6.07 Å². The summed E-state index contributed by atoms with van der Waals surface area (Å²) in [7, 11) is 0. The van der Waals surface area contributed by atoms with Crippen LogP contribution in [0.25, 0.3) is 0 Å². The molecule has 3 rings (SSSR count). The van der Waals surface area contributed by atoms with Crippen LogP contribution in [0.4, 0.5) is 0 Å². The Morgan fingerprint density at radius 3 is 2.63 bits per heavy atom. The molecular weight excluding hydrogens is 236 g/mol. The molecule has 1 saturated carbocycles. The molecule has 0 aromatic carbocycles. The standard InChI is InChI=1S/C15H24N4/c16-10-15(14-2-1-5-17-11-14)19-8-6-18(7-9-19)12-13-3-4-13/h1-2,5,11,13,15H,3-4,6-10,12,16H2. The summed E-state index contributed by atoms with van der Waals surface area (Å²) in [5, 5.41) is 0. The zero-order chi connectivity index (χ0) is 13.1. The molecule has 4 nitrogen and oxygen atoms in total. The molecule has 1 aromatic rings. The average molecular weight is 260 g/mol. The second kappa shape index (κ2) is 5.99. The molecule has 1 saturated heterocycles. The highest BCUT2D eigenvalue weighted by Gasteiger charge is 2.28. The van der Waals surface area contributed by atoms with Crippen LogP contribution in [0.3, 0.4) is 0 Å². The van der Waals surface area contributed by atoms with E-state index in [0.717, 1.165) is 19.0 Å². The lowest BCUT2D eigenvalue weighted by Gasteiger charge is -2.39. The Morgan fingerprint density at radius 1 is 1.26 bits per heavy atom. The zero-order valence-corrected chi connectivity index (χ0v) is 11.5. The fraction of sp³-hybridized carbons (Fsp3) is 0.667. The molecule has 0 amide bonds. The minimum atomic E-state index is 0.330. The maximum absolute atomic E-state index is 5.98. The first-order valence-electron chi connectivity index (χ1n) is 7.43. The molecule has 2 aliphatic rings. The number of nitrogens with two attached hydrogens (primary N) is 1. The van der Waals surface area contributed by atoms with Gasteiger partial charge in [-0.3, -0.25) is 9.88 Å². The predicted octanol–water partition coefficient (Wildman–Crippen LogP) is 1.11. The van der Waals surface area contributed by atoms with Gasteiger partial charge in [0.05, 0.1) is 0 Å². The van der Waals surface area contributed by atoms with Crippen LogP contribution in [-0.2, 0) is 0 Å². The first-order valence-corrected chi connectivity index (χ1v) is 7.43. The van der Waals surface area contributed by atoms with Crippen LogP contribution in [0.2, 0.25) is 0 Å². The van der Waals surface area contributed by atoms with Crippen molar-refractivity contribution in [2.75, 3.05) is 39.3 Å². The molecule has 2 heterocycles. The molecule has 1 atom stereocenters. The number of nitrogens with zero attached hydrogens (tertiary/aromatic N) is 3. The number of piperazine rings is 1. The van der Waals surface area contributed by atoms with Gasteiger partial charge in [-0.05, 0) is 30.4 Å². The first kappa shape index (κ1) is 13.0. The normalized spacial score (nSPS) is 23.4. The summed E-state index contributed by atoms with van der Waals surface area (Å²) in [5.41, 5.74) is 7.23. The summed E-state index contributed by atoms with van der Waals surface area (Å²) < 4.78 is 0. The fourth-order valence-corrected chi connectivity index (χ4v) is 2.99. The lowest BCUT2D eigenvalue weighted by molar-refractivity contribution is 0.0954. The monoisotopic (exact) mass is 260 g/mol. The summed E-state index contributed by atoms with van der Waals surface area (Å²) in [4.78, 5) is 9.35. The molecule has 4 heteroatoms. The number of hydrogen-bond donors (Lipinski definition) is 1. The Bertz CT molecular complexity index is 382. The van der Waals surface area contributed by atoms with Gasteiger partial charge in [0.25, 0.3) is 0 Å². The highest BCUT2D eigenvalue weighted by Crippen LogP contribution is 2.30. The maximum atomic E-state index is 5.98. The number of rotatable bonds is 5. The van der Waals surface area contributed by atoms with Crippen molar-refractivity contribution in [2.45, 2.75) is 18.9 Å². The molecule has 0 bridgehead atoms. The van der Waals surface area contributed by atoms with Crippen molar-refractivity contribution in [3.05, 3.63) is 30.1 Å². The van der Waals surface area contributed by atoms with Crippen LogP contribution in [0.5, 0.6) is 0 Å². The molecule has 1 unspecified atom stereocenters. The molecule has 1 aliphatic carbocycles. The first-order chi connectivity index (χ1) is 9.36. The van der Waals surface area contributed by atoms with Crippen LogP contribution in [0.1, 0.15) is 24.4 Å². The van der Waals surface area contributed by atoms with E-state index in [0.29, 0.717) is 12.6 Å². The average Bonchev–Trinajstić information content (AvgIpc) is 3.27. The van der Waals surface area contributed by atoms with Gasteiger partial charge in [0.15, 0.2) is 0 Å². The third-order valence-corrected chi connectivity index (χ3v) is 4.35. The smallest absolute Gasteiger partial charge is 0.0486 e. The molecule has 1 aliphatic heterocycles. The summed E-state index contributed by atoms with van der Waals surface area (Å²) >= 11 is 0. The van der Waals surface area contributed by atoms with Gasteiger partial charge < -0.3 is 10.6 Å². The predicted molar refractivity (Wildman–Crippen MR) is 76.8 cm³/mol. The number of pyridine rings is 1. The second-order valence-electron chi connectivity index (χ2n) is 5.82. The lowest BCUT2D eigenvalue weighted by Crippen LogP contribution is -2.49. The van der Waals surface area contributed by atoms with E-state index in [-0.39, 0.29) is 0 Å². The van der Waals surface area contributed by atoms with Gasteiger partial charge in [0.2, 0.25) is 0 Å². The van der Waals surface area contributed by atoms with Crippen molar-refractivity contribution in [3.8, 4) is 0 Å². The van der Waals surface area contributed by atoms with Crippen LogP contribution in [-0.4, -0.2) is 54.1 Å². The van der Waals surface area contributed by atoms with Crippen molar-refractivity contribution in [1.82, 2.24) is 14.8 Å². The quantitative estimate of drug-likeness (QED) is 0.861. The van der Waals surface area contributed by atoms with E-state index < -0.39 is 0 Å². The van der Waals surface area contributed by atoms with E-state index in [2.05, 4.69) is 20.9 Å². The molecule has 2 fully saturated rings. The second-order valence-corrected chi connectivity index (χ2v) is 5.82. The summed E-state index contributed by atoms with van der Waals surface area (Å²) in [6.07, 6.45) is 6.67. The molecular formula is C15H24N4. The third kappa shape index (κ3) is 3.32. The van der Waals surface area contributed by atoms with Crippen molar-refractivity contribution in [3.63, 3.8) is 0 Å². The van der Waals surface area contributed by atoms with Crippen molar-refractivity contribution in [2.24, 2.45) is 11.7 Å². The zero-order valence-electron chi connectivity index (χ0n) is 11.5. The Hall–Kier alpha value is -0.970. The SMILES string of the molecule is NCC(c1cccnc1)N1CCN(CC2CC2)CC1. The Kier molecular flexibility index (Phi) is 4.11. The van der Waals surface area contributed by atoms with E-state index in [1.54, 1.807) is 0 Å². The van der Waals surface area contributed by atoms with Gasteiger partial charge in [0, 0.05) is 57.7 Å². The van der Waals surface area contributed by atoms with Gasteiger partial charge in [-0.15, -0.1) is 0 Å². The molecule has 2 N–H and O–H groups in total. The Balaban J connectivity index is 1.56. The van der Waals surface area contributed by atoms with Gasteiger partial charge in [0.1, 0.15) is 0 Å². The Morgan fingerprint density at radius 2 is 2.05 bits per heavy atom. The van der Waals surface area contributed by atoms with Crippen molar-refractivity contribution in [1.29, 1.82) is 0 Å². The summed E-state index contributed by atoms with van der Waals surface area (Å²) in [6, 6.07) is 4.47. The fourth-order valence-electron chi connectivity index (χ4n) is 2.99. The third-order valence-electron chi connectivity index (χ3n) is 4.35. The minimum absolute atomic E-state index is 0.330. The van der Waals surface area contributed by atoms with Crippen molar-refractivity contribution >= 4 is 0 Å². The highest BCUT2D eigenvalue weighted by molar-refractivity contribution is 5.14. The van der Waals surface area contributed by atoms with Crippen LogP contribution in [0, 0.1) is 5.92 Å². The number of hydrogen-bond acceptors (Lipinski definition) is 4. The van der Waals surface area contributed by atoms with Crippen LogP contribution in [0.15, 0.2) is 24.5 Å². The van der Waals surface area contributed by atoms with Crippen molar-refractivity contribution < 1.29 is 0 Å². The maximum Gasteiger partial charge on any atom is 0.0486 e. The van der Waals surface area contributed by atoms with E-state index >= 15 is 0 Å². The Labute approximate surface area is 115 Å². The summed E-state index contributed by atoms with van der Waals surface area (Å²) in [6.45, 7) is 6.62. The van der Waals surface area contributed by atoms with Gasteiger partial charge in [-0.2, -0.15) is 0 Å². The molecule has 1 aromatic heterocycles.